The Bertz CT molecular complexity index is 703. The molecule has 0 heterocycles. The highest BCUT2D eigenvalue weighted by Crippen LogP contribution is 2.31. The van der Waals surface area contributed by atoms with Crippen LogP contribution in [0.4, 0.5) is 0 Å². The van der Waals surface area contributed by atoms with Crippen molar-refractivity contribution in [1.82, 2.24) is 0 Å². The molecule has 0 saturated heterocycles. The van der Waals surface area contributed by atoms with E-state index < -0.39 is 0 Å². The van der Waals surface area contributed by atoms with E-state index in [0.717, 1.165) is 34.4 Å². The molecule has 3 rings (SSSR count). The minimum absolute atomic E-state index is 0.225. The highest BCUT2D eigenvalue weighted by Gasteiger charge is 2.22. The molecular formula is C17H14Cl2O2. The van der Waals surface area contributed by atoms with E-state index in [9.17, 15) is 4.79 Å². The summed E-state index contributed by atoms with van der Waals surface area (Å²) in [6.45, 7) is 2.25. The molecule has 0 aromatic heterocycles. The molecule has 0 fully saturated rings. The Kier molecular flexibility index (Phi) is 3.92. The van der Waals surface area contributed by atoms with E-state index >= 15 is 0 Å². The summed E-state index contributed by atoms with van der Waals surface area (Å²) >= 11 is 12.3. The third-order valence-corrected chi connectivity index (χ3v) is 4.44. The van der Waals surface area contributed by atoms with Crippen molar-refractivity contribution in [2.24, 2.45) is 0 Å². The van der Waals surface area contributed by atoms with Crippen molar-refractivity contribution in [2.45, 2.75) is 26.4 Å². The number of fused-ring (bicyclic) bond motifs is 1. The predicted molar refractivity (Wildman–Crippen MR) is 84.6 cm³/mol. The molecule has 2 aromatic rings. The summed E-state index contributed by atoms with van der Waals surface area (Å²) < 4.78 is 5.81. The first-order valence-electron chi connectivity index (χ1n) is 6.78. The molecule has 21 heavy (non-hydrogen) atoms. The van der Waals surface area contributed by atoms with Gasteiger partial charge in [-0.1, -0.05) is 29.3 Å². The number of Topliss-reactive ketones (excluding diaryl/α,β-unsaturated/α-hetero) is 1. The van der Waals surface area contributed by atoms with Gasteiger partial charge in [0.1, 0.15) is 12.4 Å². The Balaban J connectivity index is 1.84. The molecule has 4 heteroatoms. The second-order valence-electron chi connectivity index (χ2n) is 5.19. The standard InChI is InChI=1S/C17H14Cl2O2/c1-10-7-12(8-11-5-6-16(20)17(10)11)21-9-13-14(18)3-2-4-15(13)19/h2-4,7-8H,5-6,9H2,1H3. The van der Waals surface area contributed by atoms with Gasteiger partial charge in [-0.05, 0) is 48.7 Å². The van der Waals surface area contributed by atoms with Crippen molar-refractivity contribution in [3.63, 3.8) is 0 Å². The van der Waals surface area contributed by atoms with E-state index in [2.05, 4.69) is 0 Å². The summed E-state index contributed by atoms with van der Waals surface area (Å²) in [7, 11) is 0. The number of hydrogen-bond donors (Lipinski definition) is 0. The second kappa shape index (κ2) is 5.70. The van der Waals surface area contributed by atoms with Crippen LogP contribution >= 0.6 is 23.2 Å². The number of ether oxygens (including phenoxy) is 1. The van der Waals surface area contributed by atoms with Crippen molar-refractivity contribution < 1.29 is 9.53 Å². The van der Waals surface area contributed by atoms with Gasteiger partial charge in [0.05, 0.1) is 0 Å². The number of carbonyl (C=O) groups is 1. The molecule has 2 nitrogen and oxygen atoms in total. The lowest BCUT2D eigenvalue weighted by Gasteiger charge is -2.12. The Morgan fingerprint density at radius 3 is 2.57 bits per heavy atom. The maximum atomic E-state index is 11.8. The predicted octanol–water partition coefficient (Wildman–Crippen LogP) is 5.01. The lowest BCUT2D eigenvalue weighted by Crippen LogP contribution is -2.00. The van der Waals surface area contributed by atoms with Crippen molar-refractivity contribution in [3.8, 4) is 5.75 Å². The summed E-state index contributed by atoms with van der Waals surface area (Å²) in [4.78, 5) is 11.8. The molecule has 0 radical (unpaired) electrons. The number of carbonyl (C=O) groups excluding carboxylic acids is 1. The summed E-state index contributed by atoms with van der Waals surface area (Å²) in [6, 6.07) is 9.22. The molecule has 1 aliphatic carbocycles. The summed E-state index contributed by atoms with van der Waals surface area (Å²) in [5.74, 6) is 0.972. The Morgan fingerprint density at radius 1 is 1.14 bits per heavy atom. The van der Waals surface area contributed by atoms with Crippen LogP contribution in [0, 0.1) is 6.92 Å². The van der Waals surface area contributed by atoms with Crippen molar-refractivity contribution >= 4 is 29.0 Å². The van der Waals surface area contributed by atoms with Crippen LogP contribution in [-0.4, -0.2) is 5.78 Å². The monoisotopic (exact) mass is 320 g/mol. The number of ketones is 1. The molecule has 2 aromatic carbocycles. The number of aryl methyl sites for hydroxylation is 2. The van der Waals surface area contributed by atoms with Crippen LogP contribution < -0.4 is 4.74 Å². The lowest BCUT2D eigenvalue weighted by atomic mass is 10.0. The Labute approximate surface area is 133 Å². The van der Waals surface area contributed by atoms with Gasteiger partial charge in [0, 0.05) is 27.6 Å². The first kappa shape index (κ1) is 14.4. The van der Waals surface area contributed by atoms with E-state index in [1.54, 1.807) is 18.2 Å². The van der Waals surface area contributed by atoms with E-state index in [4.69, 9.17) is 27.9 Å². The molecule has 0 unspecified atom stereocenters. The average Bonchev–Trinajstić information content (AvgIpc) is 2.80. The van der Waals surface area contributed by atoms with Crippen LogP contribution in [0.5, 0.6) is 5.75 Å². The van der Waals surface area contributed by atoms with Crippen molar-refractivity contribution in [2.75, 3.05) is 0 Å². The number of halogens is 2. The van der Waals surface area contributed by atoms with Gasteiger partial charge in [-0.15, -0.1) is 0 Å². The fourth-order valence-corrected chi connectivity index (χ4v) is 3.21. The molecule has 0 amide bonds. The molecule has 0 spiro atoms. The van der Waals surface area contributed by atoms with Crippen LogP contribution in [0.25, 0.3) is 0 Å². The zero-order valence-corrected chi connectivity index (χ0v) is 13.1. The molecule has 1 aliphatic rings. The highest BCUT2D eigenvalue weighted by atomic mass is 35.5. The second-order valence-corrected chi connectivity index (χ2v) is 6.00. The fraction of sp³-hybridized carbons (Fsp3) is 0.235. The molecule has 0 bridgehead atoms. The van der Waals surface area contributed by atoms with Crippen LogP contribution in [-0.2, 0) is 13.0 Å². The Morgan fingerprint density at radius 2 is 1.86 bits per heavy atom. The van der Waals surface area contributed by atoms with Crippen LogP contribution in [0.2, 0.25) is 10.0 Å². The van der Waals surface area contributed by atoms with Gasteiger partial charge < -0.3 is 4.74 Å². The number of rotatable bonds is 3. The van der Waals surface area contributed by atoms with Gasteiger partial charge in [-0.25, -0.2) is 0 Å². The van der Waals surface area contributed by atoms with Gasteiger partial charge in [-0.3, -0.25) is 4.79 Å². The topological polar surface area (TPSA) is 26.3 Å². The van der Waals surface area contributed by atoms with Gasteiger partial charge >= 0.3 is 0 Å². The minimum atomic E-state index is 0.225. The van der Waals surface area contributed by atoms with E-state index in [1.165, 1.54) is 0 Å². The highest BCUT2D eigenvalue weighted by molar-refractivity contribution is 6.35. The van der Waals surface area contributed by atoms with E-state index in [-0.39, 0.29) is 5.78 Å². The summed E-state index contributed by atoms with van der Waals surface area (Å²) in [5.41, 5.74) is 3.67. The van der Waals surface area contributed by atoms with E-state index in [1.807, 2.05) is 19.1 Å². The van der Waals surface area contributed by atoms with Gasteiger partial charge in [0.15, 0.2) is 5.78 Å². The zero-order chi connectivity index (χ0) is 15.0. The average molecular weight is 321 g/mol. The van der Waals surface area contributed by atoms with Gasteiger partial charge in [-0.2, -0.15) is 0 Å². The van der Waals surface area contributed by atoms with Crippen molar-refractivity contribution in [1.29, 1.82) is 0 Å². The quantitative estimate of drug-likeness (QED) is 0.794. The zero-order valence-electron chi connectivity index (χ0n) is 11.6. The number of hydrogen-bond acceptors (Lipinski definition) is 2. The molecule has 0 N–H and O–H groups in total. The summed E-state index contributed by atoms with van der Waals surface area (Å²) in [5, 5.41) is 1.19. The maximum Gasteiger partial charge on any atom is 0.163 e. The smallest absolute Gasteiger partial charge is 0.163 e. The molecule has 108 valence electrons. The van der Waals surface area contributed by atoms with Crippen molar-refractivity contribution in [3.05, 3.63) is 62.6 Å². The fourth-order valence-electron chi connectivity index (χ4n) is 2.70. The minimum Gasteiger partial charge on any atom is -0.489 e. The normalized spacial score (nSPS) is 13.4. The number of benzene rings is 2. The van der Waals surface area contributed by atoms with E-state index in [0.29, 0.717) is 23.1 Å². The molecular weight excluding hydrogens is 307 g/mol. The summed E-state index contributed by atoms with van der Waals surface area (Å²) in [6.07, 6.45) is 1.38. The lowest BCUT2D eigenvalue weighted by molar-refractivity contribution is 0.0994. The first-order chi connectivity index (χ1) is 10.1. The van der Waals surface area contributed by atoms with Crippen LogP contribution in [0.15, 0.2) is 30.3 Å². The molecule has 0 saturated carbocycles. The van der Waals surface area contributed by atoms with Crippen LogP contribution in [0.1, 0.15) is 33.5 Å². The maximum absolute atomic E-state index is 11.8. The third-order valence-electron chi connectivity index (χ3n) is 3.74. The van der Waals surface area contributed by atoms with Gasteiger partial charge in [0.2, 0.25) is 0 Å². The van der Waals surface area contributed by atoms with Crippen LogP contribution in [0.3, 0.4) is 0 Å². The SMILES string of the molecule is Cc1cc(OCc2c(Cl)cccc2Cl)cc2c1C(=O)CC2. The first-order valence-corrected chi connectivity index (χ1v) is 7.54. The third kappa shape index (κ3) is 2.78. The largest absolute Gasteiger partial charge is 0.489 e. The van der Waals surface area contributed by atoms with Gasteiger partial charge in [0.25, 0.3) is 0 Å². The molecule has 0 aliphatic heterocycles. The Hall–Kier alpha value is -1.51. The molecule has 0 atom stereocenters.